The van der Waals surface area contributed by atoms with E-state index >= 15 is 0 Å². The Bertz CT molecular complexity index is 176. The lowest BCUT2D eigenvalue weighted by molar-refractivity contribution is -0.140. The fraction of sp³-hybridized carbons (Fsp3) is 0.778. The van der Waals surface area contributed by atoms with Gasteiger partial charge in [0.15, 0.2) is 0 Å². The Morgan fingerprint density at radius 1 is 1.15 bits per heavy atom. The predicted molar refractivity (Wildman–Crippen MR) is 47.5 cm³/mol. The van der Waals surface area contributed by atoms with Crippen molar-refractivity contribution >= 4 is 11.9 Å². The predicted octanol–water partition coefficient (Wildman–Crippen LogP) is 1.74. The van der Waals surface area contributed by atoms with Gasteiger partial charge in [0.05, 0.1) is 0 Å². The van der Waals surface area contributed by atoms with Crippen molar-refractivity contribution in [3.8, 4) is 0 Å². The summed E-state index contributed by atoms with van der Waals surface area (Å²) in [6.07, 6.45) is 2.31. The van der Waals surface area contributed by atoms with E-state index in [2.05, 4.69) is 0 Å². The van der Waals surface area contributed by atoms with Crippen LogP contribution in [0.1, 0.15) is 39.0 Å². The van der Waals surface area contributed by atoms with Gasteiger partial charge < -0.3 is 10.2 Å². The maximum Gasteiger partial charge on any atom is 0.303 e. The topological polar surface area (TPSA) is 74.6 Å². The first-order chi connectivity index (χ1) is 6.06. The summed E-state index contributed by atoms with van der Waals surface area (Å²) >= 11 is 0. The first-order valence-corrected chi connectivity index (χ1v) is 4.49. The van der Waals surface area contributed by atoms with E-state index in [4.69, 9.17) is 10.2 Å². The van der Waals surface area contributed by atoms with E-state index < -0.39 is 11.9 Å². The SMILES string of the molecule is CCCC(CCC(=O)O)C[13C](=O)O. The highest BCUT2D eigenvalue weighted by atomic mass is 16.5. The van der Waals surface area contributed by atoms with Gasteiger partial charge in [0, 0.05) is 12.8 Å². The zero-order valence-corrected chi connectivity index (χ0v) is 7.82. The summed E-state index contributed by atoms with van der Waals surface area (Å²) < 4.78 is 0. The molecule has 0 aromatic rings. The smallest absolute Gasteiger partial charge is 0.303 e. The van der Waals surface area contributed by atoms with Crippen molar-refractivity contribution in [3.05, 3.63) is 0 Å². The van der Waals surface area contributed by atoms with E-state index in [-0.39, 0.29) is 18.8 Å². The monoisotopic (exact) mass is 189 g/mol. The Labute approximate surface area is 77.6 Å². The van der Waals surface area contributed by atoms with E-state index in [9.17, 15) is 9.59 Å². The molecule has 0 aliphatic heterocycles. The standard InChI is InChI=1S/C9H16O4/c1-2-3-7(6-9(12)13)4-5-8(10)11/h7H,2-6H2,1H3,(H,10,11)(H,12,13)/i9+1. The van der Waals surface area contributed by atoms with E-state index in [1.54, 1.807) is 0 Å². The lowest BCUT2D eigenvalue weighted by atomic mass is 9.97. The van der Waals surface area contributed by atoms with Gasteiger partial charge in [-0.3, -0.25) is 9.59 Å². The van der Waals surface area contributed by atoms with Crippen LogP contribution in [0.25, 0.3) is 0 Å². The number of carboxylic acids is 2. The second-order valence-electron chi connectivity index (χ2n) is 3.18. The quantitative estimate of drug-likeness (QED) is 0.598. The maximum absolute atomic E-state index is 10.4. The fourth-order valence-electron chi connectivity index (χ4n) is 1.33. The van der Waals surface area contributed by atoms with Crippen molar-refractivity contribution in [1.82, 2.24) is 0 Å². The Morgan fingerprint density at radius 3 is 2.15 bits per heavy atom. The van der Waals surface area contributed by atoms with Crippen LogP contribution in [0.3, 0.4) is 0 Å². The highest BCUT2D eigenvalue weighted by Crippen LogP contribution is 2.17. The summed E-state index contributed by atoms with van der Waals surface area (Å²) in [7, 11) is 0. The minimum atomic E-state index is -0.855. The van der Waals surface area contributed by atoms with Crippen LogP contribution in [-0.4, -0.2) is 22.2 Å². The van der Waals surface area contributed by atoms with Gasteiger partial charge in [-0.15, -0.1) is 0 Å². The van der Waals surface area contributed by atoms with Crippen LogP contribution in [0.5, 0.6) is 0 Å². The summed E-state index contributed by atoms with van der Waals surface area (Å²) in [5, 5.41) is 16.9. The van der Waals surface area contributed by atoms with Gasteiger partial charge >= 0.3 is 11.9 Å². The molecule has 0 aliphatic carbocycles. The number of carbonyl (C=O) groups is 2. The van der Waals surface area contributed by atoms with E-state index in [0.717, 1.165) is 12.8 Å². The van der Waals surface area contributed by atoms with Gasteiger partial charge in [-0.2, -0.15) is 0 Å². The average Bonchev–Trinajstić information content (AvgIpc) is 1.99. The van der Waals surface area contributed by atoms with Crippen LogP contribution < -0.4 is 0 Å². The molecule has 1 atom stereocenters. The van der Waals surface area contributed by atoms with Crippen LogP contribution in [0, 0.1) is 5.92 Å². The number of aliphatic carboxylic acids is 2. The number of hydrogen-bond donors (Lipinski definition) is 2. The molecular formula is C9H16O4. The molecule has 4 nitrogen and oxygen atoms in total. The first kappa shape index (κ1) is 11.9. The molecule has 2 N–H and O–H groups in total. The number of hydrogen-bond acceptors (Lipinski definition) is 2. The van der Waals surface area contributed by atoms with Crippen LogP contribution >= 0.6 is 0 Å². The lowest BCUT2D eigenvalue weighted by Crippen LogP contribution is -2.09. The second-order valence-corrected chi connectivity index (χ2v) is 3.18. The van der Waals surface area contributed by atoms with Gasteiger partial charge in [0.2, 0.25) is 0 Å². The lowest BCUT2D eigenvalue weighted by Gasteiger charge is -2.11. The average molecular weight is 189 g/mol. The second kappa shape index (κ2) is 6.46. The minimum Gasteiger partial charge on any atom is -0.481 e. The highest BCUT2D eigenvalue weighted by Gasteiger charge is 2.13. The van der Waals surface area contributed by atoms with Gasteiger partial charge in [0.1, 0.15) is 0 Å². The molecule has 0 aromatic heterocycles. The normalized spacial score (nSPS) is 12.4. The third-order valence-corrected chi connectivity index (χ3v) is 1.93. The Balaban J connectivity index is 3.79. The molecule has 0 aliphatic rings. The summed E-state index contributed by atoms with van der Waals surface area (Å²) in [4.78, 5) is 20.6. The van der Waals surface area contributed by atoms with Gasteiger partial charge in [-0.25, -0.2) is 0 Å². The van der Waals surface area contributed by atoms with Crippen molar-refractivity contribution in [1.29, 1.82) is 0 Å². The summed E-state index contributed by atoms with van der Waals surface area (Å²) in [5.74, 6) is -1.69. The van der Waals surface area contributed by atoms with Gasteiger partial charge in [0.25, 0.3) is 0 Å². The number of carboxylic acid groups (broad SMARTS) is 2. The Morgan fingerprint density at radius 2 is 1.77 bits per heavy atom. The summed E-state index contributed by atoms with van der Waals surface area (Å²) in [6, 6.07) is 0. The zero-order valence-electron chi connectivity index (χ0n) is 7.82. The molecule has 13 heavy (non-hydrogen) atoms. The molecule has 0 rings (SSSR count). The molecule has 0 spiro atoms. The van der Waals surface area contributed by atoms with E-state index in [1.807, 2.05) is 6.92 Å². The molecule has 0 amide bonds. The van der Waals surface area contributed by atoms with Crippen molar-refractivity contribution in [2.75, 3.05) is 0 Å². The van der Waals surface area contributed by atoms with Crippen LogP contribution in [0.4, 0.5) is 0 Å². The molecule has 0 aromatic carbocycles. The van der Waals surface area contributed by atoms with Crippen molar-refractivity contribution in [3.63, 3.8) is 0 Å². The van der Waals surface area contributed by atoms with Crippen molar-refractivity contribution < 1.29 is 19.8 Å². The van der Waals surface area contributed by atoms with E-state index in [0.29, 0.717) is 6.42 Å². The van der Waals surface area contributed by atoms with Gasteiger partial charge in [-0.05, 0) is 12.3 Å². The molecule has 0 saturated carbocycles. The van der Waals surface area contributed by atoms with Crippen LogP contribution in [0.15, 0.2) is 0 Å². The summed E-state index contributed by atoms with van der Waals surface area (Å²) in [6.45, 7) is 1.97. The Hall–Kier alpha value is -1.06. The van der Waals surface area contributed by atoms with Crippen molar-refractivity contribution in [2.45, 2.75) is 39.0 Å². The third kappa shape index (κ3) is 7.31. The van der Waals surface area contributed by atoms with Gasteiger partial charge in [-0.1, -0.05) is 19.8 Å². The third-order valence-electron chi connectivity index (χ3n) is 1.93. The van der Waals surface area contributed by atoms with Crippen LogP contribution in [0.2, 0.25) is 0 Å². The maximum atomic E-state index is 10.4. The number of rotatable bonds is 7. The highest BCUT2D eigenvalue weighted by molar-refractivity contribution is 5.68. The Kier molecular flexibility index (Phi) is 5.93. The molecule has 76 valence electrons. The molecule has 0 bridgehead atoms. The summed E-state index contributed by atoms with van der Waals surface area (Å²) in [5.41, 5.74) is 0. The zero-order chi connectivity index (χ0) is 10.3. The van der Waals surface area contributed by atoms with Crippen molar-refractivity contribution in [2.24, 2.45) is 5.92 Å². The van der Waals surface area contributed by atoms with Crippen LogP contribution in [-0.2, 0) is 9.59 Å². The molecule has 0 heterocycles. The minimum absolute atomic E-state index is 0.0126. The molecule has 0 fully saturated rings. The molecule has 0 radical (unpaired) electrons. The molecule has 0 saturated heterocycles. The largest absolute Gasteiger partial charge is 0.481 e. The van der Waals surface area contributed by atoms with E-state index in [1.165, 1.54) is 0 Å². The first-order valence-electron chi connectivity index (χ1n) is 4.49. The molecular weight excluding hydrogens is 173 g/mol. The fourth-order valence-corrected chi connectivity index (χ4v) is 1.33. The molecule has 4 heteroatoms. The molecule has 1 unspecified atom stereocenters.